The number of aromatic nitrogens is 2. The number of hydrogen-bond acceptors (Lipinski definition) is 5. The van der Waals surface area contributed by atoms with Crippen molar-refractivity contribution in [1.29, 1.82) is 0 Å². The average Bonchev–Trinajstić information content (AvgIpc) is 3.10. The highest BCUT2D eigenvalue weighted by Crippen LogP contribution is 2.39. The number of nitrogens with one attached hydrogen (secondary N) is 1. The lowest BCUT2D eigenvalue weighted by molar-refractivity contribution is 0.141. The number of rotatable bonds is 2. The third kappa shape index (κ3) is 2.06. The Bertz CT molecular complexity index is 762. The van der Waals surface area contributed by atoms with Gasteiger partial charge in [0.25, 0.3) is 5.56 Å². The summed E-state index contributed by atoms with van der Waals surface area (Å²) < 4.78 is 17.1. The second-order valence-electron chi connectivity index (χ2n) is 5.43. The first-order chi connectivity index (χ1) is 10.2. The maximum atomic E-state index is 12.2. The highest BCUT2D eigenvalue weighted by Gasteiger charge is 2.26. The van der Waals surface area contributed by atoms with Crippen molar-refractivity contribution in [3.8, 4) is 11.5 Å². The molecule has 0 bridgehead atoms. The molecule has 21 heavy (non-hydrogen) atoms. The summed E-state index contributed by atoms with van der Waals surface area (Å²) in [4.78, 5) is 19.3. The van der Waals surface area contributed by atoms with Gasteiger partial charge in [0.15, 0.2) is 5.75 Å². The van der Waals surface area contributed by atoms with Crippen LogP contribution in [-0.4, -0.2) is 35.9 Å². The van der Waals surface area contributed by atoms with Gasteiger partial charge < -0.3 is 19.2 Å². The number of nitrogens with zero attached hydrogens (tertiary/aromatic N) is 1. The molecule has 6 heteroatoms. The van der Waals surface area contributed by atoms with Crippen molar-refractivity contribution in [2.45, 2.75) is 25.9 Å². The van der Waals surface area contributed by atoms with Crippen molar-refractivity contribution in [1.82, 2.24) is 9.97 Å². The average molecular weight is 288 g/mol. The highest BCUT2D eigenvalue weighted by atomic mass is 16.5. The van der Waals surface area contributed by atoms with Gasteiger partial charge in [-0.2, -0.15) is 0 Å². The van der Waals surface area contributed by atoms with Crippen LogP contribution in [0, 0.1) is 6.92 Å². The molecular weight excluding hydrogens is 272 g/mol. The minimum Gasteiger partial charge on any atom is -0.491 e. The predicted molar refractivity (Wildman–Crippen MR) is 76.2 cm³/mol. The fourth-order valence-electron chi connectivity index (χ4n) is 2.91. The Hall–Kier alpha value is -2.08. The van der Waals surface area contributed by atoms with E-state index in [0.29, 0.717) is 35.7 Å². The highest BCUT2D eigenvalue weighted by molar-refractivity contribution is 5.88. The van der Waals surface area contributed by atoms with E-state index in [1.54, 1.807) is 13.0 Å². The molecule has 1 fully saturated rings. The van der Waals surface area contributed by atoms with Gasteiger partial charge >= 0.3 is 0 Å². The van der Waals surface area contributed by atoms with Gasteiger partial charge in [-0.05, 0) is 13.0 Å². The van der Waals surface area contributed by atoms with E-state index in [-0.39, 0.29) is 11.7 Å². The van der Waals surface area contributed by atoms with E-state index in [2.05, 4.69) is 9.97 Å². The van der Waals surface area contributed by atoms with Crippen LogP contribution in [0.1, 0.15) is 17.8 Å². The Labute approximate surface area is 121 Å². The summed E-state index contributed by atoms with van der Waals surface area (Å²) >= 11 is 0. The number of benzene rings is 1. The number of H-pyrrole nitrogens is 1. The molecule has 1 N–H and O–H groups in total. The first-order valence-electron chi connectivity index (χ1n) is 7.16. The zero-order valence-corrected chi connectivity index (χ0v) is 11.8. The third-order valence-electron chi connectivity index (χ3n) is 3.92. The van der Waals surface area contributed by atoms with Crippen LogP contribution >= 0.6 is 0 Å². The fourth-order valence-corrected chi connectivity index (χ4v) is 2.91. The zero-order valence-electron chi connectivity index (χ0n) is 11.8. The van der Waals surface area contributed by atoms with Gasteiger partial charge in [0.05, 0.1) is 25.2 Å². The molecule has 0 radical (unpaired) electrons. The number of hydrogen-bond donors (Lipinski definition) is 1. The molecule has 3 heterocycles. The molecule has 2 aliphatic heterocycles. The quantitative estimate of drug-likeness (QED) is 0.902. The van der Waals surface area contributed by atoms with E-state index in [1.807, 2.05) is 0 Å². The predicted octanol–water partition coefficient (Wildman–Crippen LogP) is 1.33. The van der Waals surface area contributed by atoms with Crippen LogP contribution in [-0.2, 0) is 11.2 Å². The van der Waals surface area contributed by atoms with Crippen LogP contribution in [0.25, 0.3) is 10.9 Å². The third-order valence-corrected chi connectivity index (χ3v) is 3.92. The summed E-state index contributed by atoms with van der Waals surface area (Å²) in [7, 11) is 0. The van der Waals surface area contributed by atoms with Crippen LogP contribution < -0.4 is 15.0 Å². The summed E-state index contributed by atoms with van der Waals surface area (Å²) in [6, 6.07) is 1.78. The van der Waals surface area contributed by atoms with E-state index in [4.69, 9.17) is 14.2 Å². The Balaban J connectivity index is 1.89. The summed E-state index contributed by atoms with van der Waals surface area (Å²) in [5.41, 5.74) is 1.47. The lowest BCUT2D eigenvalue weighted by Crippen LogP contribution is -2.17. The van der Waals surface area contributed by atoms with Crippen molar-refractivity contribution in [3.05, 3.63) is 27.8 Å². The normalized spacial score (nSPS) is 20.5. The van der Waals surface area contributed by atoms with Gasteiger partial charge in [0.2, 0.25) is 0 Å². The van der Waals surface area contributed by atoms with Crippen molar-refractivity contribution in [3.63, 3.8) is 0 Å². The SMILES string of the molecule is Cc1nc2c3c(c(OC4CCOC4)cc2c(=O)[nH]1)CCO3. The molecule has 6 nitrogen and oxygen atoms in total. The van der Waals surface area contributed by atoms with Gasteiger partial charge in [-0.25, -0.2) is 4.98 Å². The zero-order chi connectivity index (χ0) is 14.4. The molecular formula is C15H16N2O4. The molecule has 110 valence electrons. The standard InChI is InChI=1S/C15H16N2O4/c1-8-16-13-11(15(18)17-8)6-12(10-3-5-20-14(10)13)21-9-2-4-19-7-9/h6,9H,2-5,7H2,1H3,(H,16,17,18). The minimum absolute atomic E-state index is 0.0460. The van der Waals surface area contributed by atoms with Crippen LogP contribution in [0.3, 0.4) is 0 Å². The minimum atomic E-state index is -0.164. The monoisotopic (exact) mass is 288 g/mol. The number of ether oxygens (including phenoxy) is 3. The molecule has 2 aliphatic rings. The maximum Gasteiger partial charge on any atom is 0.259 e. The number of aryl methyl sites for hydroxylation is 1. The van der Waals surface area contributed by atoms with E-state index in [1.165, 1.54) is 0 Å². The van der Waals surface area contributed by atoms with E-state index in [9.17, 15) is 4.79 Å². The van der Waals surface area contributed by atoms with Crippen molar-refractivity contribution < 1.29 is 14.2 Å². The molecule has 1 unspecified atom stereocenters. The smallest absolute Gasteiger partial charge is 0.259 e. The van der Waals surface area contributed by atoms with Crippen LogP contribution in [0.5, 0.6) is 11.5 Å². The van der Waals surface area contributed by atoms with Gasteiger partial charge in [-0.1, -0.05) is 0 Å². The number of aromatic amines is 1. The molecule has 0 spiro atoms. The van der Waals surface area contributed by atoms with Crippen LogP contribution in [0.2, 0.25) is 0 Å². The summed E-state index contributed by atoms with van der Waals surface area (Å²) in [5, 5.41) is 0.509. The summed E-state index contributed by atoms with van der Waals surface area (Å²) in [6.07, 6.45) is 1.70. The topological polar surface area (TPSA) is 73.4 Å². The molecule has 2 aromatic rings. The van der Waals surface area contributed by atoms with E-state index < -0.39 is 0 Å². The molecule has 0 aliphatic carbocycles. The molecule has 1 aromatic carbocycles. The lowest BCUT2D eigenvalue weighted by atomic mass is 10.1. The second kappa shape index (κ2) is 4.73. The Kier molecular flexibility index (Phi) is 2.85. The molecule has 0 saturated carbocycles. The Morgan fingerprint density at radius 1 is 1.43 bits per heavy atom. The lowest BCUT2D eigenvalue weighted by Gasteiger charge is -2.15. The first-order valence-corrected chi connectivity index (χ1v) is 7.16. The molecule has 4 rings (SSSR count). The first kappa shape index (κ1) is 12.6. The molecule has 1 aromatic heterocycles. The van der Waals surface area contributed by atoms with Gasteiger partial charge in [0, 0.05) is 18.4 Å². The van der Waals surface area contributed by atoms with Crippen LogP contribution in [0.15, 0.2) is 10.9 Å². The Morgan fingerprint density at radius 3 is 3.14 bits per heavy atom. The van der Waals surface area contributed by atoms with E-state index >= 15 is 0 Å². The summed E-state index contributed by atoms with van der Waals surface area (Å²) in [6.45, 7) is 3.68. The van der Waals surface area contributed by atoms with Gasteiger partial charge in [0.1, 0.15) is 23.2 Å². The summed E-state index contributed by atoms with van der Waals surface area (Å²) in [5.74, 6) is 2.00. The van der Waals surface area contributed by atoms with Crippen molar-refractivity contribution >= 4 is 10.9 Å². The van der Waals surface area contributed by atoms with Crippen LogP contribution in [0.4, 0.5) is 0 Å². The largest absolute Gasteiger partial charge is 0.491 e. The Morgan fingerprint density at radius 2 is 2.33 bits per heavy atom. The van der Waals surface area contributed by atoms with E-state index in [0.717, 1.165) is 30.8 Å². The van der Waals surface area contributed by atoms with Gasteiger partial charge in [-0.3, -0.25) is 4.79 Å². The van der Waals surface area contributed by atoms with Crippen molar-refractivity contribution in [2.24, 2.45) is 0 Å². The molecule has 0 amide bonds. The van der Waals surface area contributed by atoms with Crippen molar-refractivity contribution in [2.75, 3.05) is 19.8 Å². The molecule has 1 saturated heterocycles. The second-order valence-corrected chi connectivity index (χ2v) is 5.43. The fraction of sp³-hybridized carbons (Fsp3) is 0.467. The van der Waals surface area contributed by atoms with Gasteiger partial charge in [-0.15, -0.1) is 0 Å². The maximum absolute atomic E-state index is 12.2. The number of fused-ring (bicyclic) bond motifs is 3. The molecule has 1 atom stereocenters.